The number of ether oxygens (including phenoxy) is 1. The van der Waals surface area contributed by atoms with Gasteiger partial charge in [-0.2, -0.15) is 0 Å². The Kier molecular flexibility index (Phi) is 8.41. The summed E-state index contributed by atoms with van der Waals surface area (Å²) >= 11 is 0. The number of aliphatic imine (C=N–C) groups is 1. The molecule has 7 nitrogen and oxygen atoms in total. The zero-order valence-corrected chi connectivity index (χ0v) is 17.5. The number of carbonyl (C=O) groups is 1. The van der Waals surface area contributed by atoms with Crippen LogP contribution in [0.1, 0.15) is 47.0 Å². The van der Waals surface area contributed by atoms with Gasteiger partial charge in [0, 0.05) is 51.9 Å². The van der Waals surface area contributed by atoms with Crippen molar-refractivity contribution in [2.75, 3.05) is 45.8 Å². The number of piperazine rings is 1. The summed E-state index contributed by atoms with van der Waals surface area (Å²) in [7, 11) is 0. The van der Waals surface area contributed by atoms with E-state index in [9.17, 15) is 4.79 Å². The number of rotatable bonds is 6. The number of amides is 1. The Balaban J connectivity index is 1.64. The average Bonchev–Trinajstić information content (AvgIpc) is 3.11. The van der Waals surface area contributed by atoms with Crippen molar-refractivity contribution in [3.63, 3.8) is 0 Å². The smallest absolute Gasteiger partial charge is 0.410 e. The summed E-state index contributed by atoms with van der Waals surface area (Å²) in [6.45, 7) is 13.8. The Labute approximate surface area is 164 Å². The van der Waals surface area contributed by atoms with E-state index in [0.29, 0.717) is 6.04 Å². The standard InChI is InChI=1S/C20H37N5O2/c1-5-21-18(23-17-9-6-7-10-17)22-11-8-12-24-13-15-25(16-14-24)19(26)27-20(2,3)4/h6-7,17H,5,8-16H2,1-4H3,(H2,21,22,23). The molecule has 1 fully saturated rings. The minimum Gasteiger partial charge on any atom is -0.444 e. The molecule has 2 N–H and O–H groups in total. The van der Waals surface area contributed by atoms with Crippen LogP contribution in [0.4, 0.5) is 4.79 Å². The highest BCUT2D eigenvalue weighted by atomic mass is 16.6. The van der Waals surface area contributed by atoms with Gasteiger partial charge in [0.05, 0.1) is 0 Å². The van der Waals surface area contributed by atoms with E-state index in [-0.39, 0.29) is 6.09 Å². The molecular weight excluding hydrogens is 342 g/mol. The van der Waals surface area contributed by atoms with Gasteiger partial charge in [0.2, 0.25) is 0 Å². The topological polar surface area (TPSA) is 69.2 Å². The van der Waals surface area contributed by atoms with Gasteiger partial charge < -0.3 is 20.3 Å². The van der Waals surface area contributed by atoms with E-state index in [4.69, 9.17) is 9.73 Å². The average molecular weight is 380 g/mol. The number of nitrogens with zero attached hydrogens (tertiary/aromatic N) is 3. The van der Waals surface area contributed by atoms with Gasteiger partial charge in [0.15, 0.2) is 5.96 Å². The molecule has 1 saturated heterocycles. The van der Waals surface area contributed by atoms with Crippen molar-refractivity contribution >= 4 is 12.1 Å². The van der Waals surface area contributed by atoms with E-state index in [2.05, 4.69) is 34.6 Å². The second-order valence-corrected chi connectivity index (χ2v) is 8.21. The first kappa shape index (κ1) is 21.5. The molecule has 1 aliphatic heterocycles. The van der Waals surface area contributed by atoms with Crippen LogP contribution in [0.15, 0.2) is 17.1 Å². The first-order valence-corrected chi connectivity index (χ1v) is 10.3. The maximum atomic E-state index is 12.1. The summed E-state index contributed by atoms with van der Waals surface area (Å²) in [6.07, 6.45) is 7.41. The van der Waals surface area contributed by atoms with Gasteiger partial charge in [-0.1, -0.05) is 12.2 Å². The van der Waals surface area contributed by atoms with Crippen molar-refractivity contribution in [1.82, 2.24) is 20.4 Å². The Morgan fingerprint density at radius 1 is 1.19 bits per heavy atom. The van der Waals surface area contributed by atoms with Crippen molar-refractivity contribution in [2.45, 2.75) is 58.6 Å². The predicted octanol–water partition coefficient (Wildman–Crippen LogP) is 2.20. The molecule has 7 heteroatoms. The van der Waals surface area contributed by atoms with Gasteiger partial charge in [-0.15, -0.1) is 0 Å². The van der Waals surface area contributed by atoms with Crippen LogP contribution >= 0.6 is 0 Å². The van der Waals surface area contributed by atoms with Crippen molar-refractivity contribution in [2.24, 2.45) is 4.99 Å². The molecule has 0 radical (unpaired) electrons. The van der Waals surface area contributed by atoms with Crippen molar-refractivity contribution in [3.8, 4) is 0 Å². The second-order valence-electron chi connectivity index (χ2n) is 8.21. The van der Waals surface area contributed by atoms with Crippen LogP contribution in [0, 0.1) is 0 Å². The van der Waals surface area contributed by atoms with Crippen molar-refractivity contribution < 1.29 is 9.53 Å². The van der Waals surface area contributed by atoms with Crippen LogP contribution in [0.2, 0.25) is 0 Å². The zero-order valence-electron chi connectivity index (χ0n) is 17.5. The molecule has 1 aliphatic carbocycles. The first-order chi connectivity index (χ1) is 12.9. The molecule has 0 saturated carbocycles. The Hall–Kier alpha value is -1.76. The molecule has 0 atom stereocenters. The largest absolute Gasteiger partial charge is 0.444 e. The lowest BCUT2D eigenvalue weighted by molar-refractivity contribution is 0.0145. The Morgan fingerprint density at radius 2 is 1.85 bits per heavy atom. The lowest BCUT2D eigenvalue weighted by Gasteiger charge is -2.35. The molecule has 0 spiro atoms. The van der Waals surface area contributed by atoms with Crippen molar-refractivity contribution in [3.05, 3.63) is 12.2 Å². The molecule has 0 aromatic carbocycles. The van der Waals surface area contributed by atoms with Gasteiger partial charge in [0.25, 0.3) is 0 Å². The first-order valence-electron chi connectivity index (χ1n) is 10.3. The van der Waals surface area contributed by atoms with Crippen LogP contribution < -0.4 is 10.6 Å². The van der Waals surface area contributed by atoms with Crippen LogP contribution in [0.25, 0.3) is 0 Å². The fraction of sp³-hybridized carbons (Fsp3) is 0.800. The summed E-state index contributed by atoms with van der Waals surface area (Å²) < 4.78 is 5.45. The van der Waals surface area contributed by atoms with Crippen LogP contribution in [-0.2, 0) is 4.74 Å². The fourth-order valence-electron chi connectivity index (χ4n) is 3.21. The molecule has 0 bridgehead atoms. The number of hydrogen-bond acceptors (Lipinski definition) is 4. The third-order valence-corrected chi connectivity index (χ3v) is 4.62. The number of carbonyl (C=O) groups excluding carboxylic acids is 1. The van der Waals surface area contributed by atoms with Crippen LogP contribution in [-0.4, -0.2) is 79.3 Å². The highest BCUT2D eigenvalue weighted by molar-refractivity contribution is 5.80. The molecule has 0 unspecified atom stereocenters. The van der Waals surface area contributed by atoms with Gasteiger partial charge in [-0.05, 0) is 47.0 Å². The number of nitrogens with one attached hydrogen (secondary N) is 2. The monoisotopic (exact) mass is 379 g/mol. The fourth-order valence-corrected chi connectivity index (χ4v) is 3.21. The maximum Gasteiger partial charge on any atom is 0.410 e. The van der Waals surface area contributed by atoms with Gasteiger partial charge in [-0.25, -0.2) is 4.79 Å². The zero-order chi connectivity index (χ0) is 19.7. The number of guanidine groups is 1. The van der Waals surface area contributed by atoms with E-state index in [1.807, 2.05) is 25.7 Å². The molecule has 27 heavy (non-hydrogen) atoms. The molecule has 154 valence electrons. The highest BCUT2D eigenvalue weighted by Gasteiger charge is 2.25. The van der Waals surface area contributed by atoms with Gasteiger partial charge >= 0.3 is 6.09 Å². The summed E-state index contributed by atoms with van der Waals surface area (Å²) in [5.41, 5.74) is -0.431. The molecule has 0 aromatic rings. The normalized spacial score (nSPS) is 19.4. The minimum absolute atomic E-state index is 0.200. The van der Waals surface area contributed by atoms with Gasteiger partial charge in [-0.3, -0.25) is 9.89 Å². The highest BCUT2D eigenvalue weighted by Crippen LogP contribution is 2.12. The van der Waals surface area contributed by atoms with E-state index < -0.39 is 5.60 Å². The van der Waals surface area contributed by atoms with E-state index >= 15 is 0 Å². The third kappa shape index (κ3) is 8.20. The van der Waals surface area contributed by atoms with Crippen LogP contribution in [0.3, 0.4) is 0 Å². The molecule has 0 aromatic heterocycles. The number of hydrogen-bond donors (Lipinski definition) is 2. The van der Waals surface area contributed by atoms with E-state index in [0.717, 1.165) is 71.0 Å². The van der Waals surface area contributed by atoms with E-state index in [1.165, 1.54) is 0 Å². The predicted molar refractivity (Wildman–Crippen MR) is 110 cm³/mol. The minimum atomic E-state index is -0.431. The lowest BCUT2D eigenvalue weighted by atomic mass is 10.2. The molecular formula is C20H37N5O2. The van der Waals surface area contributed by atoms with Crippen LogP contribution in [0.5, 0.6) is 0 Å². The molecule has 1 heterocycles. The Bertz CT molecular complexity index is 511. The molecule has 2 aliphatic rings. The summed E-state index contributed by atoms with van der Waals surface area (Å²) in [6, 6.07) is 0.476. The summed E-state index contributed by atoms with van der Waals surface area (Å²) in [5, 5.41) is 6.82. The second kappa shape index (κ2) is 10.5. The Morgan fingerprint density at radius 3 is 2.44 bits per heavy atom. The van der Waals surface area contributed by atoms with Gasteiger partial charge in [0.1, 0.15) is 5.60 Å². The van der Waals surface area contributed by atoms with E-state index in [1.54, 1.807) is 0 Å². The summed E-state index contributed by atoms with van der Waals surface area (Å²) in [4.78, 5) is 21.0. The van der Waals surface area contributed by atoms with Crippen molar-refractivity contribution in [1.29, 1.82) is 0 Å². The maximum absolute atomic E-state index is 12.1. The molecule has 2 rings (SSSR count). The lowest BCUT2D eigenvalue weighted by Crippen LogP contribution is -2.50. The SMILES string of the molecule is CCNC(=NCCCN1CCN(C(=O)OC(C)(C)C)CC1)NC1CC=CC1. The quantitative estimate of drug-likeness (QED) is 0.320. The third-order valence-electron chi connectivity index (χ3n) is 4.62. The molecule has 1 amide bonds. The summed E-state index contributed by atoms with van der Waals surface area (Å²) in [5.74, 6) is 0.918.